The molecule has 0 bridgehead atoms. The second-order valence-electron chi connectivity index (χ2n) is 5.96. The molecule has 1 saturated heterocycles. The Balaban J connectivity index is 1.62. The van der Waals surface area contributed by atoms with E-state index < -0.39 is 0 Å². The average Bonchev–Trinajstić information content (AvgIpc) is 3.22. The van der Waals surface area contributed by atoms with Crippen LogP contribution in [0.5, 0.6) is 0 Å². The zero-order valence-electron chi connectivity index (χ0n) is 12.4. The third-order valence-corrected chi connectivity index (χ3v) is 4.65. The lowest BCUT2D eigenvalue weighted by atomic mass is 10.2. The van der Waals surface area contributed by atoms with E-state index >= 15 is 0 Å². The molecule has 1 fully saturated rings. The first-order valence-electron chi connectivity index (χ1n) is 7.84. The number of guanidine groups is 1. The highest BCUT2D eigenvalue weighted by Crippen LogP contribution is 2.40. The number of non-ortho nitro benzene ring substituents is 1. The lowest BCUT2D eigenvalue weighted by molar-refractivity contribution is -0.384. The van der Waals surface area contributed by atoms with Crippen molar-refractivity contribution in [3.8, 4) is 0 Å². The molecule has 7 nitrogen and oxygen atoms in total. The van der Waals surface area contributed by atoms with Crippen LogP contribution in [-0.4, -0.2) is 55.1 Å². The lowest BCUT2D eigenvalue weighted by Crippen LogP contribution is -2.40. The zero-order chi connectivity index (χ0) is 15.1. The number of rotatable bonds is 4. The summed E-state index contributed by atoms with van der Waals surface area (Å²) in [5.41, 5.74) is 2.11. The van der Waals surface area contributed by atoms with E-state index in [0.717, 1.165) is 56.6 Å². The summed E-state index contributed by atoms with van der Waals surface area (Å²) in [6.45, 7) is 5.79. The molecule has 3 heterocycles. The SMILES string of the molecule is O=[N+]([O-])c1ccc2c(c1)N(CCN1CCCC1)C1=NCCN12. The maximum absolute atomic E-state index is 11.1. The predicted molar refractivity (Wildman–Crippen MR) is 85.8 cm³/mol. The van der Waals surface area contributed by atoms with Crippen LogP contribution in [0, 0.1) is 10.1 Å². The van der Waals surface area contributed by atoms with Gasteiger partial charge in [0.05, 0.1) is 22.8 Å². The second-order valence-corrected chi connectivity index (χ2v) is 5.96. The van der Waals surface area contributed by atoms with Gasteiger partial charge in [-0.1, -0.05) is 0 Å². The molecular weight excluding hydrogens is 282 g/mol. The summed E-state index contributed by atoms with van der Waals surface area (Å²) in [6.07, 6.45) is 2.55. The summed E-state index contributed by atoms with van der Waals surface area (Å²) >= 11 is 0. The second kappa shape index (κ2) is 5.24. The van der Waals surface area contributed by atoms with E-state index in [0.29, 0.717) is 0 Å². The zero-order valence-corrected chi connectivity index (χ0v) is 12.4. The van der Waals surface area contributed by atoms with Crippen LogP contribution < -0.4 is 9.80 Å². The van der Waals surface area contributed by atoms with Crippen LogP contribution in [0.2, 0.25) is 0 Å². The molecule has 7 heteroatoms. The molecular formula is C15H19N5O2. The first-order chi connectivity index (χ1) is 10.7. The number of anilines is 2. The number of hydrogen-bond acceptors (Lipinski definition) is 6. The Labute approximate surface area is 129 Å². The van der Waals surface area contributed by atoms with Gasteiger partial charge >= 0.3 is 0 Å². The van der Waals surface area contributed by atoms with Crippen molar-refractivity contribution in [1.82, 2.24) is 4.90 Å². The Morgan fingerprint density at radius 1 is 1.14 bits per heavy atom. The van der Waals surface area contributed by atoms with E-state index in [-0.39, 0.29) is 10.6 Å². The highest BCUT2D eigenvalue weighted by molar-refractivity contribution is 6.17. The molecule has 0 radical (unpaired) electrons. The van der Waals surface area contributed by atoms with Crippen LogP contribution in [0.25, 0.3) is 0 Å². The highest BCUT2D eigenvalue weighted by atomic mass is 16.6. The molecule has 1 aromatic rings. The van der Waals surface area contributed by atoms with E-state index in [2.05, 4.69) is 19.7 Å². The van der Waals surface area contributed by atoms with Gasteiger partial charge in [-0.2, -0.15) is 0 Å². The summed E-state index contributed by atoms with van der Waals surface area (Å²) in [6, 6.07) is 5.11. The van der Waals surface area contributed by atoms with Gasteiger partial charge in [0.15, 0.2) is 0 Å². The molecule has 0 aliphatic carbocycles. The Kier molecular flexibility index (Phi) is 3.22. The van der Waals surface area contributed by atoms with Gasteiger partial charge in [0.2, 0.25) is 5.96 Å². The number of fused-ring (bicyclic) bond motifs is 3. The number of benzene rings is 1. The molecule has 3 aliphatic heterocycles. The smallest absolute Gasteiger partial charge is 0.271 e. The molecule has 0 spiro atoms. The van der Waals surface area contributed by atoms with Crippen LogP contribution in [0.3, 0.4) is 0 Å². The van der Waals surface area contributed by atoms with E-state index in [1.807, 2.05) is 6.07 Å². The Morgan fingerprint density at radius 3 is 2.73 bits per heavy atom. The van der Waals surface area contributed by atoms with Crippen molar-refractivity contribution < 1.29 is 4.92 Å². The van der Waals surface area contributed by atoms with Crippen LogP contribution in [0.4, 0.5) is 17.1 Å². The highest BCUT2D eigenvalue weighted by Gasteiger charge is 2.36. The van der Waals surface area contributed by atoms with Crippen LogP contribution in [-0.2, 0) is 0 Å². The maximum Gasteiger partial charge on any atom is 0.271 e. The fraction of sp³-hybridized carbons (Fsp3) is 0.533. The molecule has 3 aliphatic rings. The minimum absolute atomic E-state index is 0.145. The fourth-order valence-corrected chi connectivity index (χ4v) is 3.54. The first kappa shape index (κ1) is 13.5. The van der Waals surface area contributed by atoms with Gasteiger partial charge in [-0.25, -0.2) is 0 Å². The topological polar surface area (TPSA) is 65.2 Å². The summed E-state index contributed by atoms with van der Waals surface area (Å²) < 4.78 is 0. The van der Waals surface area contributed by atoms with Gasteiger partial charge < -0.3 is 14.7 Å². The predicted octanol–water partition coefficient (Wildman–Crippen LogP) is 1.69. The van der Waals surface area contributed by atoms with Gasteiger partial charge in [0.25, 0.3) is 5.69 Å². The fourth-order valence-electron chi connectivity index (χ4n) is 3.54. The minimum atomic E-state index is -0.329. The summed E-state index contributed by atoms with van der Waals surface area (Å²) in [5.74, 6) is 0.953. The molecule has 0 N–H and O–H groups in total. The lowest BCUT2D eigenvalue weighted by Gasteiger charge is -2.23. The van der Waals surface area contributed by atoms with E-state index in [4.69, 9.17) is 0 Å². The van der Waals surface area contributed by atoms with Crippen molar-refractivity contribution >= 4 is 23.0 Å². The van der Waals surface area contributed by atoms with Gasteiger partial charge in [0, 0.05) is 31.8 Å². The molecule has 0 amide bonds. The number of aliphatic imine (C=N–C) groups is 1. The van der Waals surface area contributed by atoms with Crippen molar-refractivity contribution in [3.05, 3.63) is 28.3 Å². The van der Waals surface area contributed by atoms with Gasteiger partial charge in [0.1, 0.15) is 0 Å². The third-order valence-electron chi connectivity index (χ3n) is 4.65. The van der Waals surface area contributed by atoms with Crippen molar-refractivity contribution in [2.45, 2.75) is 12.8 Å². The van der Waals surface area contributed by atoms with Crippen LogP contribution in [0.1, 0.15) is 12.8 Å². The number of hydrogen-bond donors (Lipinski definition) is 0. The van der Waals surface area contributed by atoms with Crippen molar-refractivity contribution in [2.75, 3.05) is 49.1 Å². The first-order valence-corrected chi connectivity index (χ1v) is 7.84. The molecule has 4 rings (SSSR count). The van der Waals surface area contributed by atoms with E-state index in [1.54, 1.807) is 12.1 Å². The molecule has 22 heavy (non-hydrogen) atoms. The number of nitrogens with zero attached hydrogens (tertiary/aromatic N) is 5. The van der Waals surface area contributed by atoms with Crippen LogP contribution in [0.15, 0.2) is 23.2 Å². The van der Waals surface area contributed by atoms with E-state index in [1.165, 1.54) is 12.8 Å². The van der Waals surface area contributed by atoms with Crippen molar-refractivity contribution in [3.63, 3.8) is 0 Å². The quantitative estimate of drug-likeness (QED) is 0.625. The average molecular weight is 301 g/mol. The van der Waals surface area contributed by atoms with Crippen molar-refractivity contribution in [1.29, 1.82) is 0 Å². The Bertz CT molecular complexity index is 639. The largest absolute Gasteiger partial charge is 0.309 e. The standard InChI is InChI=1S/C15H19N5O2/c21-20(22)12-3-4-13-14(11-12)19(15-16-5-8-18(13)15)10-9-17-6-1-2-7-17/h3-4,11H,1-2,5-10H2. The molecule has 0 atom stereocenters. The van der Waals surface area contributed by atoms with Gasteiger partial charge in [-0.15, -0.1) is 0 Å². The normalized spacial score (nSPS) is 20.3. The summed E-state index contributed by atoms with van der Waals surface area (Å²) in [7, 11) is 0. The molecule has 0 unspecified atom stereocenters. The van der Waals surface area contributed by atoms with Gasteiger partial charge in [-0.05, 0) is 32.0 Å². The van der Waals surface area contributed by atoms with Crippen molar-refractivity contribution in [2.24, 2.45) is 4.99 Å². The molecule has 116 valence electrons. The summed E-state index contributed by atoms with van der Waals surface area (Å²) in [5, 5.41) is 11.1. The Morgan fingerprint density at radius 2 is 1.95 bits per heavy atom. The number of nitro groups is 1. The molecule has 1 aromatic carbocycles. The third kappa shape index (κ3) is 2.12. The molecule has 0 saturated carbocycles. The monoisotopic (exact) mass is 301 g/mol. The molecule has 0 aromatic heterocycles. The minimum Gasteiger partial charge on any atom is -0.309 e. The number of nitro benzene ring substituents is 1. The Hall–Kier alpha value is -2.15. The maximum atomic E-state index is 11.1. The summed E-state index contributed by atoms with van der Waals surface area (Å²) in [4.78, 5) is 22.1. The number of likely N-dealkylation sites (tertiary alicyclic amines) is 1. The van der Waals surface area contributed by atoms with E-state index in [9.17, 15) is 10.1 Å². The van der Waals surface area contributed by atoms with Crippen LogP contribution >= 0.6 is 0 Å². The van der Waals surface area contributed by atoms with Gasteiger partial charge in [-0.3, -0.25) is 15.1 Å².